The SMILES string of the molecule is COc1cccc(F)c1C(C)(O)Cc1cccnc1. The molecule has 0 saturated carbocycles. The molecule has 0 amide bonds. The van der Waals surface area contributed by atoms with E-state index in [0.29, 0.717) is 5.75 Å². The second-order valence-electron chi connectivity index (χ2n) is 4.63. The number of methoxy groups -OCH3 is 1. The minimum absolute atomic E-state index is 0.168. The van der Waals surface area contributed by atoms with Crippen molar-refractivity contribution >= 4 is 0 Å². The fourth-order valence-electron chi connectivity index (χ4n) is 2.19. The van der Waals surface area contributed by atoms with Crippen LogP contribution in [0.3, 0.4) is 0 Å². The van der Waals surface area contributed by atoms with Crippen molar-refractivity contribution in [3.8, 4) is 5.75 Å². The summed E-state index contributed by atoms with van der Waals surface area (Å²) in [6, 6.07) is 8.13. The van der Waals surface area contributed by atoms with E-state index in [1.54, 1.807) is 37.5 Å². The van der Waals surface area contributed by atoms with E-state index in [1.165, 1.54) is 13.2 Å². The van der Waals surface area contributed by atoms with E-state index in [9.17, 15) is 9.50 Å². The Morgan fingerprint density at radius 3 is 2.74 bits per heavy atom. The first kappa shape index (κ1) is 13.5. The van der Waals surface area contributed by atoms with Gasteiger partial charge in [-0.2, -0.15) is 0 Å². The lowest BCUT2D eigenvalue weighted by Gasteiger charge is -2.26. The molecule has 1 unspecified atom stereocenters. The predicted octanol–water partition coefficient (Wildman–Crippen LogP) is 2.68. The molecular formula is C15H16FNO2. The maximum absolute atomic E-state index is 14.0. The van der Waals surface area contributed by atoms with Crippen LogP contribution in [0.2, 0.25) is 0 Å². The number of nitrogens with zero attached hydrogens (tertiary/aromatic N) is 1. The Labute approximate surface area is 111 Å². The highest BCUT2D eigenvalue weighted by atomic mass is 19.1. The third-order valence-electron chi connectivity index (χ3n) is 3.01. The average Bonchev–Trinajstić information content (AvgIpc) is 2.38. The number of rotatable bonds is 4. The summed E-state index contributed by atoms with van der Waals surface area (Å²) in [6.45, 7) is 1.57. The Hall–Kier alpha value is -1.94. The quantitative estimate of drug-likeness (QED) is 0.920. The minimum Gasteiger partial charge on any atom is -0.496 e. The van der Waals surface area contributed by atoms with Gasteiger partial charge in [0, 0.05) is 18.8 Å². The number of hydrogen-bond acceptors (Lipinski definition) is 3. The molecule has 0 spiro atoms. The zero-order valence-electron chi connectivity index (χ0n) is 10.9. The number of aliphatic hydroxyl groups is 1. The van der Waals surface area contributed by atoms with E-state index < -0.39 is 11.4 Å². The van der Waals surface area contributed by atoms with E-state index in [1.807, 2.05) is 6.07 Å². The van der Waals surface area contributed by atoms with E-state index in [2.05, 4.69) is 4.98 Å². The van der Waals surface area contributed by atoms with Crippen molar-refractivity contribution in [3.05, 3.63) is 59.7 Å². The van der Waals surface area contributed by atoms with Crippen LogP contribution >= 0.6 is 0 Å². The molecule has 0 bridgehead atoms. The lowest BCUT2D eigenvalue weighted by molar-refractivity contribution is 0.0509. The highest BCUT2D eigenvalue weighted by Crippen LogP contribution is 2.34. The van der Waals surface area contributed by atoms with Gasteiger partial charge in [0.1, 0.15) is 11.6 Å². The second kappa shape index (κ2) is 5.36. The molecule has 0 radical (unpaired) electrons. The van der Waals surface area contributed by atoms with Crippen LogP contribution in [0.25, 0.3) is 0 Å². The molecule has 19 heavy (non-hydrogen) atoms. The van der Waals surface area contributed by atoms with E-state index in [-0.39, 0.29) is 12.0 Å². The zero-order chi connectivity index (χ0) is 13.9. The van der Waals surface area contributed by atoms with Gasteiger partial charge in [0.25, 0.3) is 0 Å². The maximum Gasteiger partial charge on any atom is 0.133 e. The largest absolute Gasteiger partial charge is 0.496 e. The van der Waals surface area contributed by atoms with Crippen molar-refractivity contribution < 1.29 is 14.2 Å². The van der Waals surface area contributed by atoms with Crippen molar-refractivity contribution in [2.75, 3.05) is 7.11 Å². The van der Waals surface area contributed by atoms with Crippen LogP contribution in [-0.4, -0.2) is 17.2 Å². The summed E-state index contributed by atoms with van der Waals surface area (Å²) in [7, 11) is 1.46. The lowest BCUT2D eigenvalue weighted by Crippen LogP contribution is -2.26. The summed E-state index contributed by atoms with van der Waals surface area (Å²) in [5.74, 6) is -0.137. The second-order valence-corrected chi connectivity index (χ2v) is 4.63. The third kappa shape index (κ3) is 2.90. The number of hydrogen-bond donors (Lipinski definition) is 1. The molecule has 1 aromatic carbocycles. The van der Waals surface area contributed by atoms with E-state index in [0.717, 1.165) is 5.56 Å². The predicted molar refractivity (Wildman–Crippen MR) is 70.5 cm³/mol. The molecule has 4 heteroatoms. The van der Waals surface area contributed by atoms with Crippen molar-refractivity contribution in [3.63, 3.8) is 0 Å². The van der Waals surface area contributed by atoms with Gasteiger partial charge in [0.15, 0.2) is 0 Å². The molecular weight excluding hydrogens is 245 g/mol. The van der Waals surface area contributed by atoms with Crippen LogP contribution in [0.15, 0.2) is 42.7 Å². The van der Waals surface area contributed by atoms with Crippen LogP contribution in [0.4, 0.5) is 4.39 Å². The molecule has 1 atom stereocenters. The van der Waals surface area contributed by atoms with Gasteiger partial charge in [-0.1, -0.05) is 12.1 Å². The third-order valence-corrected chi connectivity index (χ3v) is 3.01. The van der Waals surface area contributed by atoms with Crippen LogP contribution in [0, 0.1) is 5.82 Å². The molecule has 0 aliphatic heterocycles. The highest BCUT2D eigenvalue weighted by Gasteiger charge is 2.30. The molecule has 1 heterocycles. The Morgan fingerprint density at radius 1 is 1.32 bits per heavy atom. The Bertz CT molecular complexity index is 555. The van der Waals surface area contributed by atoms with Crippen LogP contribution in [-0.2, 0) is 12.0 Å². The first-order valence-electron chi connectivity index (χ1n) is 5.99. The molecule has 0 fully saturated rings. The van der Waals surface area contributed by atoms with Crippen molar-refractivity contribution in [1.82, 2.24) is 4.98 Å². The van der Waals surface area contributed by atoms with Crippen molar-refractivity contribution in [2.45, 2.75) is 18.9 Å². The monoisotopic (exact) mass is 261 g/mol. The summed E-state index contributed by atoms with van der Waals surface area (Å²) in [5, 5.41) is 10.6. The summed E-state index contributed by atoms with van der Waals surface area (Å²) >= 11 is 0. The smallest absolute Gasteiger partial charge is 0.133 e. The van der Waals surface area contributed by atoms with Crippen LogP contribution in [0.1, 0.15) is 18.1 Å². The average molecular weight is 261 g/mol. The molecule has 1 aromatic heterocycles. The fraction of sp³-hybridized carbons (Fsp3) is 0.267. The summed E-state index contributed by atoms with van der Waals surface area (Å²) in [4.78, 5) is 3.99. The fourth-order valence-corrected chi connectivity index (χ4v) is 2.19. The summed E-state index contributed by atoms with van der Waals surface area (Å²) < 4.78 is 19.1. The van der Waals surface area contributed by atoms with E-state index in [4.69, 9.17) is 4.74 Å². The minimum atomic E-state index is -1.36. The van der Waals surface area contributed by atoms with Crippen LogP contribution < -0.4 is 4.74 Å². The van der Waals surface area contributed by atoms with Gasteiger partial charge >= 0.3 is 0 Å². The Balaban J connectivity index is 2.39. The van der Waals surface area contributed by atoms with Gasteiger partial charge in [-0.3, -0.25) is 4.98 Å². The van der Waals surface area contributed by atoms with Crippen molar-refractivity contribution in [2.24, 2.45) is 0 Å². The number of halogens is 1. The molecule has 2 aromatic rings. The van der Waals surface area contributed by atoms with Gasteiger partial charge in [0.2, 0.25) is 0 Å². The number of aromatic nitrogens is 1. The molecule has 2 rings (SSSR count). The molecule has 3 nitrogen and oxygen atoms in total. The van der Waals surface area contributed by atoms with Gasteiger partial charge in [0.05, 0.1) is 18.3 Å². The lowest BCUT2D eigenvalue weighted by atomic mass is 9.88. The highest BCUT2D eigenvalue weighted by molar-refractivity contribution is 5.39. The number of pyridine rings is 1. The molecule has 0 saturated heterocycles. The topological polar surface area (TPSA) is 42.4 Å². The first-order valence-corrected chi connectivity index (χ1v) is 5.99. The summed E-state index contributed by atoms with van der Waals surface area (Å²) in [6.07, 6.45) is 3.57. The first-order chi connectivity index (χ1) is 9.04. The number of benzene rings is 1. The standard InChI is InChI=1S/C15H16FNO2/c1-15(18,9-11-5-4-8-17-10-11)14-12(16)6-3-7-13(14)19-2/h3-8,10,18H,9H2,1-2H3. The maximum atomic E-state index is 14.0. The zero-order valence-corrected chi connectivity index (χ0v) is 10.9. The number of ether oxygens (including phenoxy) is 1. The normalized spacial score (nSPS) is 13.9. The molecule has 100 valence electrons. The Morgan fingerprint density at radius 2 is 2.11 bits per heavy atom. The van der Waals surface area contributed by atoms with Gasteiger partial charge in [-0.15, -0.1) is 0 Å². The summed E-state index contributed by atoms with van der Waals surface area (Å²) in [5.41, 5.74) is -0.362. The van der Waals surface area contributed by atoms with Crippen molar-refractivity contribution in [1.29, 1.82) is 0 Å². The van der Waals surface area contributed by atoms with E-state index >= 15 is 0 Å². The van der Waals surface area contributed by atoms with Crippen LogP contribution in [0.5, 0.6) is 5.75 Å². The van der Waals surface area contributed by atoms with Gasteiger partial charge in [-0.05, 0) is 30.7 Å². The molecule has 0 aliphatic carbocycles. The molecule has 0 aliphatic rings. The Kier molecular flexibility index (Phi) is 3.81. The van der Waals surface area contributed by atoms with Gasteiger partial charge in [-0.25, -0.2) is 4.39 Å². The van der Waals surface area contributed by atoms with Gasteiger partial charge < -0.3 is 9.84 Å². The molecule has 1 N–H and O–H groups in total.